The number of carboxylic acid groups (broad SMARTS) is 1. The molecule has 25 heavy (non-hydrogen) atoms. The highest BCUT2D eigenvalue weighted by atomic mass is 32.2. The molecule has 3 rings (SSSR count). The second kappa shape index (κ2) is 7.11. The number of carbonyl (C=O) groups excluding carboxylic acids is 1. The molecule has 2 aliphatic rings. The maximum absolute atomic E-state index is 12.8. The van der Waals surface area contributed by atoms with Crippen molar-refractivity contribution in [2.75, 3.05) is 19.8 Å². The first-order valence-corrected chi connectivity index (χ1v) is 9.58. The molecule has 1 saturated carbocycles. The standard InChI is InChI=1S/C16H20N2O6S/c19-15(20)9-13-10-24-7-6-18(13)16(21)11-2-1-3-14(8-11)25(22,23)17-12-4-5-12/h1-3,8,12-13,17H,4-7,9-10H2,(H,19,20). The third-order valence-electron chi connectivity index (χ3n) is 4.19. The van der Waals surface area contributed by atoms with E-state index in [0.29, 0.717) is 6.61 Å². The Hall–Kier alpha value is -1.97. The zero-order valence-electron chi connectivity index (χ0n) is 13.6. The van der Waals surface area contributed by atoms with Crippen LogP contribution in [0.4, 0.5) is 0 Å². The minimum atomic E-state index is -3.66. The molecule has 2 fully saturated rings. The highest BCUT2D eigenvalue weighted by Gasteiger charge is 2.31. The van der Waals surface area contributed by atoms with Crippen LogP contribution in [0.1, 0.15) is 29.6 Å². The topological polar surface area (TPSA) is 113 Å². The van der Waals surface area contributed by atoms with E-state index < -0.39 is 27.9 Å². The van der Waals surface area contributed by atoms with Gasteiger partial charge in [-0.3, -0.25) is 9.59 Å². The maximum Gasteiger partial charge on any atom is 0.305 e. The summed E-state index contributed by atoms with van der Waals surface area (Å²) < 4.78 is 32.5. The van der Waals surface area contributed by atoms with Crippen molar-refractivity contribution in [1.29, 1.82) is 0 Å². The number of ether oxygens (including phenoxy) is 1. The number of amides is 1. The molecule has 2 N–H and O–H groups in total. The third-order valence-corrected chi connectivity index (χ3v) is 5.71. The van der Waals surface area contributed by atoms with Gasteiger partial charge in [-0.15, -0.1) is 0 Å². The first kappa shape index (κ1) is 17.8. The van der Waals surface area contributed by atoms with Crippen molar-refractivity contribution in [1.82, 2.24) is 9.62 Å². The zero-order chi connectivity index (χ0) is 18.0. The Labute approximate surface area is 145 Å². The highest BCUT2D eigenvalue weighted by molar-refractivity contribution is 7.89. The minimum Gasteiger partial charge on any atom is -0.481 e. The van der Waals surface area contributed by atoms with Crippen molar-refractivity contribution in [3.63, 3.8) is 0 Å². The van der Waals surface area contributed by atoms with E-state index in [1.807, 2.05) is 0 Å². The lowest BCUT2D eigenvalue weighted by atomic mass is 10.1. The summed E-state index contributed by atoms with van der Waals surface area (Å²) in [6, 6.07) is 5.23. The van der Waals surface area contributed by atoms with Gasteiger partial charge in [0.25, 0.3) is 5.91 Å². The highest BCUT2D eigenvalue weighted by Crippen LogP contribution is 2.23. The Kier molecular flexibility index (Phi) is 5.07. The van der Waals surface area contributed by atoms with Gasteiger partial charge in [0.15, 0.2) is 0 Å². The van der Waals surface area contributed by atoms with Gasteiger partial charge >= 0.3 is 5.97 Å². The number of nitrogens with zero attached hydrogens (tertiary/aromatic N) is 1. The second-order valence-corrected chi connectivity index (χ2v) is 7.96. The molecule has 1 aromatic carbocycles. The van der Waals surface area contributed by atoms with Gasteiger partial charge in [0.2, 0.25) is 10.0 Å². The number of morpholine rings is 1. The molecule has 136 valence electrons. The number of aliphatic carboxylic acids is 1. The summed E-state index contributed by atoms with van der Waals surface area (Å²) in [6.45, 7) is 0.746. The molecule has 1 amide bonds. The Balaban J connectivity index is 1.81. The fourth-order valence-corrected chi connectivity index (χ4v) is 4.09. The summed E-state index contributed by atoms with van der Waals surface area (Å²) in [5.41, 5.74) is 0.218. The van der Waals surface area contributed by atoms with Crippen LogP contribution in [0.2, 0.25) is 0 Å². The molecule has 1 heterocycles. The van der Waals surface area contributed by atoms with Gasteiger partial charge in [0.05, 0.1) is 30.6 Å². The summed E-state index contributed by atoms with van der Waals surface area (Å²) in [5, 5.41) is 9.00. The van der Waals surface area contributed by atoms with E-state index in [-0.39, 0.29) is 36.1 Å². The lowest BCUT2D eigenvalue weighted by Gasteiger charge is -2.35. The maximum atomic E-state index is 12.8. The van der Waals surface area contributed by atoms with Gasteiger partial charge in [-0.2, -0.15) is 0 Å². The largest absolute Gasteiger partial charge is 0.481 e. The van der Waals surface area contributed by atoms with Crippen LogP contribution in [0.3, 0.4) is 0 Å². The number of hydrogen-bond donors (Lipinski definition) is 2. The zero-order valence-corrected chi connectivity index (χ0v) is 14.4. The van der Waals surface area contributed by atoms with E-state index >= 15 is 0 Å². The smallest absolute Gasteiger partial charge is 0.305 e. The monoisotopic (exact) mass is 368 g/mol. The normalized spacial score (nSPS) is 21.1. The molecular weight excluding hydrogens is 348 g/mol. The Morgan fingerprint density at radius 1 is 1.32 bits per heavy atom. The summed E-state index contributed by atoms with van der Waals surface area (Å²) in [4.78, 5) is 25.2. The molecule has 1 aliphatic heterocycles. The number of carbonyl (C=O) groups is 2. The third kappa shape index (κ3) is 4.36. The minimum absolute atomic E-state index is 0.0245. The number of sulfonamides is 1. The summed E-state index contributed by atoms with van der Waals surface area (Å²) in [5.74, 6) is -1.41. The molecule has 0 spiro atoms. The molecule has 1 aliphatic carbocycles. The summed E-state index contributed by atoms with van der Waals surface area (Å²) in [7, 11) is -3.66. The molecule has 0 aromatic heterocycles. The molecular formula is C16H20N2O6S. The van der Waals surface area contributed by atoms with Gasteiger partial charge in [-0.1, -0.05) is 6.07 Å². The predicted molar refractivity (Wildman–Crippen MR) is 87.7 cm³/mol. The van der Waals surface area contributed by atoms with Crippen molar-refractivity contribution < 1.29 is 27.9 Å². The van der Waals surface area contributed by atoms with Crippen LogP contribution in [-0.2, 0) is 19.6 Å². The number of rotatable bonds is 6. The van der Waals surface area contributed by atoms with Crippen molar-refractivity contribution in [2.24, 2.45) is 0 Å². The number of nitrogens with one attached hydrogen (secondary N) is 1. The van der Waals surface area contributed by atoms with Crippen LogP contribution in [0.5, 0.6) is 0 Å². The van der Waals surface area contributed by atoms with Crippen LogP contribution >= 0.6 is 0 Å². The molecule has 1 aromatic rings. The van der Waals surface area contributed by atoms with Gasteiger partial charge < -0.3 is 14.7 Å². The molecule has 9 heteroatoms. The first-order valence-electron chi connectivity index (χ1n) is 8.10. The fourth-order valence-electron chi connectivity index (χ4n) is 2.74. The van der Waals surface area contributed by atoms with E-state index in [4.69, 9.17) is 9.84 Å². The average molecular weight is 368 g/mol. The molecule has 0 bridgehead atoms. The van der Waals surface area contributed by atoms with Gasteiger partial charge in [-0.25, -0.2) is 13.1 Å². The molecule has 8 nitrogen and oxygen atoms in total. The van der Waals surface area contributed by atoms with Crippen molar-refractivity contribution in [2.45, 2.75) is 36.2 Å². The lowest BCUT2D eigenvalue weighted by Crippen LogP contribution is -2.49. The first-order chi connectivity index (χ1) is 11.9. The van der Waals surface area contributed by atoms with Crippen LogP contribution in [0.15, 0.2) is 29.2 Å². The van der Waals surface area contributed by atoms with Crippen LogP contribution in [0.25, 0.3) is 0 Å². The van der Waals surface area contributed by atoms with Crippen LogP contribution in [0, 0.1) is 0 Å². The van der Waals surface area contributed by atoms with E-state index in [9.17, 15) is 18.0 Å². The number of carboxylic acids is 1. The number of hydrogen-bond acceptors (Lipinski definition) is 5. The van der Waals surface area contributed by atoms with Crippen molar-refractivity contribution >= 4 is 21.9 Å². The summed E-state index contributed by atoms with van der Waals surface area (Å²) >= 11 is 0. The average Bonchev–Trinajstić information content (AvgIpc) is 3.37. The lowest BCUT2D eigenvalue weighted by molar-refractivity contribution is -0.139. The van der Waals surface area contributed by atoms with E-state index in [1.54, 1.807) is 0 Å². The van der Waals surface area contributed by atoms with Crippen molar-refractivity contribution in [3.8, 4) is 0 Å². The fraction of sp³-hybridized carbons (Fsp3) is 0.500. The van der Waals surface area contributed by atoms with Gasteiger partial charge in [0.1, 0.15) is 0 Å². The molecule has 0 radical (unpaired) electrons. The van der Waals surface area contributed by atoms with Gasteiger partial charge in [0, 0.05) is 18.2 Å². The quantitative estimate of drug-likeness (QED) is 0.753. The van der Waals surface area contributed by atoms with Gasteiger partial charge in [-0.05, 0) is 31.0 Å². The SMILES string of the molecule is O=C(O)CC1COCCN1C(=O)c1cccc(S(=O)(=O)NC2CC2)c1. The Morgan fingerprint density at radius 2 is 2.08 bits per heavy atom. The number of benzene rings is 1. The van der Waals surface area contributed by atoms with E-state index in [1.165, 1.54) is 29.2 Å². The second-order valence-electron chi connectivity index (χ2n) is 6.25. The molecule has 1 atom stereocenters. The molecule has 1 unspecified atom stereocenters. The Morgan fingerprint density at radius 3 is 2.76 bits per heavy atom. The van der Waals surface area contributed by atoms with E-state index in [2.05, 4.69) is 4.72 Å². The Bertz CT molecular complexity index is 775. The predicted octanol–water partition coefficient (Wildman–Crippen LogP) is 0.443. The van der Waals surface area contributed by atoms with Crippen molar-refractivity contribution in [3.05, 3.63) is 29.8 Å². The van der Waals surface area contributed by atoms with Crippen LogP contribution < -0.4 is 4.72 Å². The van der Waals surface area contributed by atoms with Crippen LogP contribution in [-0.4, -0.2) is 62.1 Å². The molecule has 1 saturated heterocycles. The van der Waals surface area contributed by atoms with E-state index in [0.717, 1.165) is 12.8 Å². The summed E-state index contributed by atoms with van der Waals surface area (Å²) in [6.07, 6.45) is 1.43.